The fourth-order valence-electron chi connectivity index (χ4n) is 2.00. The van der Waals surface area contributed by atoms with Crippen LogP contribution in [0.5, 0.6) is 5.75 Å². The van der Waals surface area contributed by atoms with Crippen LogP contribution in [-0.4, -0.2) is 12.9 Å². The lowest BCUT2D eigenvalue weighted by atomic mass is 10.1. The lowest BCUT2D eigenvalue weighted by Gasteiger charge is -2.00. The lowest BCUT2D eigenvalue weighted by Crippen LogP contribution is -1.99. The van der Waals surface area contributed by atoms with E-state index in [4.69, 9.17) is 20.8 Å². The van der Waals surface area contributed by atoms with Crippen molar-refractivity contribution in [1.29, 1.82) is 0 Å². The number of carbonyl (C=O) groups is 1. The van der Waals surface area contributed by atoms with Gasteiger partial charge in [-0.25, -0.2) is 0 Å². The number of methoxy groups -OCH3 is 1. The number of carbonyl (C=O) groups excluding carboxylic acids is 1. The molecule has 0 spiro atoms. The number of halogens is 1. The van der Waals surface area contributed by atoms with Crippen LogP contribution in [0.15, 0.2) is 52.9 Å². The summed E-state index contributed by atoms with van der Waals surface area (Å²) in [6.07, 6.45) is 0. The first-order chi connectivity index (χ1) is 9.67. The first-order valence-electron chi connectivity index (χ1n) is 6.05. The van der Waals surface area contributed by atoms with E-state index in [1.807, 2.05) is 6.07 Å². The Balaban J connectivity index is 1.98. The molecule has 0 aliphatic carbocycles. The van der Waals surface area contributed by atoms with Gasteiger partial charge in [0, 0.05) is 22.0 Å². The third-order valence-electron chi connectivity index (χ3n) is 3.06. The van der Waals surface area contributed by atoms with E-state index in [1.54, 1.807) is 49.6 Å². The van der Waals surface area contributed by atoms with Crippen molar-refractivity contribution in [3.05, 3.63) is 64.9 Å². The summed E-state index contributed by atoms with van der Waals surface area (Å²) >= 11 is 5.90. The number of fused-ring (bicyclic) bond motifs is 1. The molecule has 0 saturated carbocycles. The lowest BCUT2D eigenvalue weighted by molar-refractivity contribution is 0.101. The Labute approximate surface area is 120 Å². The second kappa shape index (κ2) is 5.02. The molecule has 2 aromatic carbocycles. The molecule has 1 aromatic heterocycles. The van der Waals surface area contributed by atoms with Crippen LogP contribution in [0.3, 0.4) is 0 Å². The molecule has 0 fully saturated rings. The molecule has 3 nitrogen and oxygen atoms in total. The SMILES string of the molecule is COc1ccc(C(=O)c2cc3ccc(Cl)cc3o2)cc1. The van der Waals surface area contributed by atoms with Crippen LogP contribution in [0.25, 0.3) is 11.0 Å². The second-order valence-electron chi connectivity index (χ2n) is 4.35. The number of hydrogen-bond acceptors (Lipinski definition) is 3. The molecule has 0 N–H and O–H groups in total. The molecule has 1 heterocycles. The molecule has 20 heavy (non-hydrogen) atoms. The maximum atomic E-state index is 12.3. The van der Waals surface area contributed by atoms with Gasteiger partial charge >= 0.3 is 0 Å². The minimum absolute atomic E-state index is 0.167. The maximum Gasteiger partial charge on any atom is 0.228 e. The molecule has 0 aliphatic heterocycles. The van der Waals surface area contributed by atoms with Crippen molar-refractivity contribution in [2.45, 2.75) is 0 Å². The Morgan fingerprint density at radius 1 is 1.10 bits per heavy atom. The zero-order chi connectivity index (χ0) is 14.1. The van der Waals surface area contributed by atoms with E-state index in [0.717, 1.165) is 5.39 Å². The molecule has 0 aliphatic rings. The van der Waals surface area contributed by atoms with Crippen LogP contribution in [0.2, 0.25) is 5.02 Å². The Morgan fingerprint density at radius 3 is 2.55 bits per heavy atom. The predicted octanol–water partition coefficient (Wildman–Crippen LogP) is 4.33. The first kappa shape index (κ1) is 12.8. The van der Waals surface area contributed by atoms with Crippen molar-refractivity contribution in [3.8, 4) is 5.75 Å². The molecule has 4 heteroatoms. The molecule has 0 bridgehead atoms. The molecule has 0 unspecified atom stereocenters. The molecule has 100 valence electrons. The fourth-order valence-corrected chi connectivity index (χ4v) is 2.16. The highest BCUT2D eigenvalue weighted by Gasteiger charge is 2.14. The van der Waals surface area contributed by atoms with Gasteiger partial charge in [-0.1, -0.05) is 11.6 Å². The number of hydrogen-bond donors (Lipinski definition) is 0. The number of ether oxygens (including phenoxy) is 1. The topological polar surface area (TPSA) is 39.4 Å². The highest BCUT2D eigenvalue weighted by molar-refractivity contribution is 6.31. The van der Waals surface area contributed by atoms with E-state index in [1.165, 1.54) is 0 Å². The maximum absolute atomic E-state index is 12.3. The highest BCUT2D eigenvalue weighted by atomic mass is 35.5. The van der Waals surface area contributed by atoms with E-state index >= 15 is 0 Å². The van der Waals surface area contributed by atoms with E-state index in [9.17, 15) is 4.79 Å². The summed E-state index contributed by atoms with van der Waals surface area (Å²) in [6, 6.07) is 13.9. The van der Waals surface area contributed by atoms with Gasteiger partial charge in [-0.15, -0.1) is 0 Å². The van der Waals surface area contributed by atoms with Crippen molar-refractivity contribution in [1.82, 2.24) is 0 Å². The Hall–Kier alpha value is -2.26. The average molecular weight is 287 g/mol. The van der Waals surface area contributed by atoms with E-state index < -0.39 is 0 Å². The van der Waals surface area contributed by atoms with Crippen LogP contribution in [0.1, 0.15) is 16.1 Å². The number of ketones is 1. The Kier molecular flexibility index (Phi) is 3.20. The van der Waals surface area contributed by atoms with E-state index in [0.29, 0.717) is 27.7 Å². The van der Waals surface area contributed by atoms with Crippen LogP contribution >= 0.6 is 11.6 Å². The van der Waals surface area contributed by atoms with Crippen LogP contribution < -0.4 is 4.74 Å². The van der Waals surface area contributed by atoms with E-state index in [2.05, 4.69) is 0 Å². The van der Waals surface area contributed by atoms with Gasteiger partial charge in [-0.05, 0) is 42.5 Å². The smallest absolute Gasteiger partial charge is 0.228 e. The Morgan fingerprint density at radius 2 is 1.85 bits per heavy atom. The summed E-state index contributed by atoms with van der Waals surface area (Å²) in [5, 5.41) is 1.43. The monoisotopic (exact) mass is 286 g/mol. The van der Waals surface area contributed by atoms with Gasteiger partial charge in [-0.2, -0.15) is 0 Å². The molecule has 0 radical (unpaired) electrons. The van der Waals surface area contributed by atoms with Gasteiger partial charge in [0.15, 0.2) is 5.76 Å². The van der Waals surface area contributed by atoms with Crippen LogP contribution in [0.4, 0.5) is 0 Å². The normalized spacial score (nSPS) is 10.7. The number of rotatable bonds is 3. The molecule has 0 saturated heterocycles. The molecule has 3 rings (SSSR count). The minimum atomic E-state index is -0.167. The van der Waals surface area contributed by atoms with Crippen LogP contribution in [0, 0.1) is 0 Å². The van der Waals surface area contributed by atoms with Gasteiger partial charge in [0.25, 0.3) is 0 Å². The zero-order valence-electron chi connectivity index (χ0n) is 10.7. The second-order valence-corrected chi connectivity index (χ2v) is 4.79. The number of furan rings is 1. The molecule has 0 amide bonds. The fraction of sp³-hybridized carbons (Fsp3) is 0.0625. The molecular formula is C16H11ClO3. The Bertz CT molecular complexity index is 772. The summed E-state index contributed by atoms with van der Waals surface area (Å²) in [7, 11) is 1.58. The molecule has 0 atom stereocenters. The van der Waals surface area contributed by atoms with Crippen molar-refractivity contribution in [2.75, 3.05) is 7.11 Å². The summed E-state index contributed by atoms with van der Waals surface area (Å²) in [4.78, 5) is 12.3. The number of benzene rings is 2. The quantitative estimate of drug-likeness (QED) is 0.673. The first-order valence-corrected chi connectivity index (χ1v) is 6.43. The third-order valence-corrected chi connectivity index (χ3v) is 3.29. The standard InChI is InChI=1S/C16H11ClO3/c1-19-13-6-3-10(4-7-13)16(18)15-8-11-2-5-12(17)9-14(11)20-15/h2-9H,1H3. The summed E-state index contributed by atoms with van der Waals surface area (Å²) in [5.74, 6) is 0.838. The minimum Gasteiger partial charge on any atom is -0.497 e. The van der Waals surface area contributed by atoms with Crippen molar-refractivity contribution in [2.24, 2.45) is 0 Å². The largest absolute Gasteiger partial charge is 0.497 e. The van der Waals surface area contributed by atoms with Gasteiger partial charge in [0.1, 0.15) is 11.3 Å². The van der Waals surface area contributed by atoms with E-state index in [-0.39, 0.29) is 5.78 Å². The summed E-state index contributed by atoms with van der Waals surface area (Å²) < 4.78 is 10.6. The summed E-state index contributed by atoms with van der Waals surface area (Å²) in [5.41, 5.74) is 1.16. The van der Waals surface area contributed by atoms with Crippen molar-refractivity contribution < 1.29 is 13.9 Å². The van der Waals surface area contributed by atoms with Gasteiger partial charge in [0.05, 0.1) is 7.11 Å². The zero-order valence-corrected chi connectivity index (χ0v) is 11.5. The van der Waals surface area contributed by atoms with Crippen molar-refractivity contribution in [3.63, 3.8) is 0 Å². The predicted molar refractivity (Wildman–Crippen MR) is 77.7 cm³/mol. The van der Waals surface area contributed by atoms with Gasteiger partial charge in [-0.3, -0.25) is 4.79 Å². The molecular weight excluding hydrogens is 276 g/mol. The van der Waals surface area contributed by atoms with Gasteiger partial charge in [0.2, 0.25) is 5.78 Å². The highest BCUT2D eigenvalue weighted by Crippen LogP contribution is 2.25. The average Bonchev–Trinajstić information content (AvgIpc) is 2.89. The van der Waals surface area contributed by atoms with Gasteiger partial charge < -0.3 is 9.15 Å². The van der Waals surface area contributed by atoms with Crippen LogP contribution in [-0.2, 0) is 0 Å². The summed E-state index contributed by atoms with van der Waals surface area (Å²) in [6.45, 7) is 0. The molecule has 3 aromatic rings. The van der Waals surface area contributed by atoms with Crippen molar-refractivity contribution >= 4 is 28.4 Å². The third kappa shape index (κ3) is 2.28.